The number of amides is 1. The van der Waals surface area contributed by atoms with Gasteiger partial charge in [-0.15, -0.1) is 0 Å². The number of hydrogen-bond donors (Lipinski definition) is 1. The van der Waals surface area contributed by atoms with Gasteiger partial charge in [0.05, 0.1) is 12.5 Å². The standard InChI is InChI=1S/C17H24N2O4/c1-17(2,15(20)23-3)14-6-4-13(5-7-14)12-18-8-10-19(11-9-18)16(21)22/h4-7H,8-12H2,1-3H3,(H,21,22). The molecule has 0 radical (unpaired) electrons. The molecule has 0 saturated carbocycles. The van der Waals surface area contributed by atoms with E-state index in [0.29, 0.717) is 13.1 Å². The summed E-state index contributed by atoms with van der Waals surface area (Å²) in [5, 5.41) is 8.96. The van der Waals surface area contributed by atoms with Crippen LogP contribution in [0.5, 0.6) is 0 Å². The Morgan fingerprint density at radius 1 is 1.13 bits per heavy atom. The Kier molecular flexibility index (Phi) is 5.26. The van der Waals surface area contributed by atoms with Crippen molar-refractivity contribution in [3.05, 3.63) is 35.4 Å². The lowest BCUT2D eigenvalue weighted by atomic mass is 9.84. The Hall–Kier alpha value is -2.08. The van der Waals surface area contributed by atoms with Crippen LogP contribution >= 0.6 is 0 Å². The fourth-order valence-electron chi connectivity index (χ4n) is 2.76. The van der Waals surface area contributed by atoms with Crippen molar-refractivity contribution in [2.24, 2.45) is 0 Å². The third-order valence-corrected chi connectivity index (χ3v) is 4.42. The predicted molar refractivity (Wildman–Crippen MR) is 86.4 cm³/mol. The molecule has 0 aromatic heterocycles. The van der Waals surface area contributed by atoms with Crippen LogP contribution < -0.4 is 0 Å². The van der Waals surface area contributed by atoms with Crippen LogP contribution in [0, 0.1) is 0 Å². The molecule has 6 nitrogen and oxygen atoms in total. The molecule has 0 aliphatic carbocycles. The van der Waals surface area contributed by atoms with E-state index in [9.17, 15) is 9.59 Å². The van der Waals surface area contributed by atoms with Gasteiger partial charge in [0, 0.05) is 32.7 Å². The van der Waals surface area contributed by atoms with Gasteiger partial charge < -0.3 is 14.7 Å². The highest BCUT2D eigenvalue weighted by Gasteiger charge is 2.30. The van der Waals surface area contributed by atoms with Crippen LogP contribution in [-0.2, 0) is 21.5 Å². The topological polar surface area (TPSA) is 70.1 Å². The zero-order valence-electron chi connectivity index (χ0n) is 13.9. The summed E-state index contributed by atoms with van der Waals surface area (Å²) in [7, 11) is 1.40. The third kappa shape index (κ3) is 4.01. The molecule has 2 rings (SSSR count). The molecule has 0 unspecified atom stereocenters. The number of carboxylic acid groups (broad SMARTS) is 1. The van der Waals surface area contributed by atoms with E-state index in [2.05, 4.69) is 4.90 Å². The summed E-state index contributed by atoms with van der Waals surface area (Å²) in [4.78, 5) is 26.4. The first-order valence-electron chi connectivity index (χ1n) is 7.72. The lowest BCUT2D eigenvalue weighted by molar-refractivity contribution is -0.146. The molecule has 1 fully saturated rings. The SMILES string of the molecule is COC(=O)C(C)(C)c1ccc(CN2CCN(C(=O)O)CC2)cc1. The van der Waals surface area contributed by atoms with Crippen molar-refractivity contribution >= 4 is 12.1 Å². The summed E-state index contributed by atoms with van der Waals surface area (Å²) in [6.45, 7) is 7.04. The third-order valence-electron chi connectivity index (χ3n) is 4.42. The second kappa shape index (κ2) is 7.00. The molecule has 0 bridgehead atoms. The smallest absolute Gasteiger partial charge is 0.407 e. The lowest BCUT2D eigenvalue weighted by Gasteiger charge is -2.33. The van der Waals surface area contributed by atoms with Crippen molar-refractivity contribution in [2.45, 2.75) is 25.8 Å². The number of methoxy groups -OCH3 is 1. The van der Waals surface area contributed by atoms with Crippen molar-refractivity contribution in [3.8, 4) is 0 Å². The lowest BCUT2D eigenvalue weighted by Crippen LogP contribution is -2.47. The van der Waals surface area contributed by atoms with Crippen molar-refractivity contribution in [1.82, 2.24) is 9.80 Å². The average Bonchev–Trinajstić information content (AvgIpc) is 2.55. The number of nitrogens with zero attached hydrogens (tertiary/aromatic N) is 2. The molecule has 0 atom stereocenters. The highest BCUT2D eigenvalue weighted by molar-refractivity contribution is 5.82. The van der Waals surface area contributed by atoms with E-state index in [1.54, 1.807) is 0 Å². The van der Waals surface area contributed by atoms with Crippen LogP contribution in [0.1, 0.15) is 25.0 Å². The quantitative estimate of drug-likeness (QED) is 0.859. The normalized spacial score (nSPS) is 16.2. The summed E-state index contributed by atoms with van der Waals surface area (Å²) < 4.78 is 4.85. The molecule has 1 saturated heterocycles. The molecule has 1 aromatic rings. The molecule has 1 aliphatic heterocycles. The highest BCUT2D eigenvalue weighted by atomic mass is 16.5. The van der Waals surface area contributed by atoms with E-state index in [1.807, 2.05) is 38.1 Å². The summed E-state index contributed by atoms with van der Waals surface area (Å²) >= 11 is 0. The van der Waals surface area contributed by atoms with Gasteiger partial charge in [0.2, 0.25) is 0 Å². The van der Waals surface area contributed by atoms with Gasteiger partial charge in [-0.1, -0.05) is 24.3 Å². The van der Waals surface area contributed by atoms with Crippen LogP contribution in [-0.4, -0.2) is 60.3 Å². The molecular formula is C17H24N2O4. The van der Waals surface area contributed by atoms with Crippen LogP contribution in [0.2, 0.25) is 0 Å². The first-order chi connectivity index (χ1) is 10.8. The number of rotatable bonds is 4. The molecule has 1 aromatic carbocycles. The Morgan fingerprint density at radius 3 is 2.17 bits per heavy atom. The first-order valence-corrected chi connectivity index (χ1v) is 7.72. The monoisotopic (exact) mass is 320 g/mol. The zero-order valence-corrected chi connectivity index (χ0v) is 13.9. The van der Waals surface area contributed by atoms with E-state index < -0.39 is 11.5 Å². The van der Waals surface area contributed by atoms with Gasteiger partial charge in [-0.3, -0.25) is 9.69 Å². The molecule has 0 spiro atoms. The minimum absolute atomic E-state index is 0.255. The van der Waals surface area contributed by atoms with Gasteiger partial charge in [-0.05, 0) is 25.0 Å². The maximum atomic E-state index is 11.8. The number of hydrogen-bond acceptors (Lipinski definition) is 4. The minimum atomic E-state index is -0.848. The van der Waals surface area contributed by atoms with Gasteiger partial charge in [-0.2, -0.15) is 0 Å². The predicted octanol–water partition coefficient (Wildman–Crippen LogP) is 1.93. The Morgan fingerprint density at radius 2 is 1.70 bits per heavy atom. The van der Waals surface area contributed by atoms with Crippen molar-refractivity contribution in [1.29, 1.82) is 0 Å². The van der Waals surface area contributed by atoms with Gasteiger partial charge in [0.25, 0.3) is 0 Å². The van der Waals surface area contributed by atoms with Gasteiger partial charge >= 0.3 is 12.1 Å². The fourth-order valence-corrected chi connectivity index (χ4v) is 2.76. The average molecular weight is 320 g/mol. The summed E-state index contributed by atoms with van der Waals surface area (Å²) in [6.07, 6.45) is -0.848. The van der Waals surface area contributed by atoms with Gasteiger partial charge in [-0.25, -0.2) is 4.79 Å². The van der Waals surface area contributed by atoms with E-state index in [1.165, 1.54) is 12.0 Å². The molecule has 1 N–H and O–H groups in total. The van der Waals surface area contributed by atoms with E-state index in [0.717, 1.165) is 30.8 Å². The molecule has 23 heavy (non-hydrogen) atoms. The van der Waals surface area contributed by atoms with Crippen LogP contribution in [0.15, 0.2) is 24.3 Å². The van der Waals surface area contributed by atoms with E-state index in [-0.39, 0.29) is 5.97 Å². The summed E-state index contributed by atoms with van der Waals surface area (Å²) in [5.74, 6) is -0.255. The number of carbonyl (C=O) groups is 2. The largest absolute Gasteiger partial charge is 0.468 e. The number of carbonyl (C=O) groups excluding carboxylic acids is 1. The number of piperazine rings is 1. The molecule has 1 heterocycles. The van der Waals surface area contributed by atoms with Gasteiger partial charge in [0.15, 0.2) is 0 Å². The van der Waals surface area contributed by atoms with Crippen molar-refractivity contribution < 1.29 is 19.4 Å². The first kappa shape index (κ1) is 17.3. The van der Waals surface area contributed by atoms with Gasteiger partial charge in [0.1, 0.15) is 0 Å². The van der Waals surface area contributed by atoms with Crippen LogP contribution in [0.25, 0.3) is 0 Å². The Bertz CT molecular complexity index is 560. The second-order valence-corrected chi connectivity index (χ2v) is 6.36. The van der Waals surface area contributed by atoms with Crippen molar-refractivity contribution in [2.75, 3.05) is 33.3 Å². The molecule has 1 aliphatic rings. The zero-order chi connectivity index (χ0) is 17.0. The van der Waals surface area contributed by atoms with Crippen LogP contribution in [0.4, 0.5) is 4.79 Å². The maximum absolute atomic E-state index is 11.8. The van der Waals surface area contributed by atoms with E-state index in [4.69, 9.17) is 9.84 Å². The number of benzene rings is 1. The summed E-state index contributed by atoms with van der Waals surface area (Å²) in [5.41, 5.74) is 1.41. The number of esters is 1. The fraction of sp³-hybridized carbons (Fsp3) is 0.529. The minimum Gasteiger partial charge on any atom is -0.468 e. The second-order valence-electron chi connectivity index (χ2n) is 6.36. The van der Waals surface area contributed by atoms with Crippen LogP contribution in [0.3, 0.4) is 0 Å². The summed E-state index contributed by atoms with van der Waals surface area (Å²) in [6, 6.07) is 7.95. The van der Waals surface area contributed by atoms with E-state index >= 15 is 0 Å². The Balaban J connectivity index is 1.96. The molecule has 126 valence electrons. The maximum Gasteiger partial charge on any atom is 0.407 e. The van der Waals surface area contributed by atoms with Crippen molar-refractivity contribution in [3.63, 3.8) is 0 Å². The highest BCUT2D eigenvalue weighted by Crippen LogP contribution is 2.25. The molecule has 6 heteroatoms. The number of ether oxygens (including phenoxy) is 1. The molecule has 1 amide bonds. The molecular weight excluding hydrogens is 296 g/mol. The Labute approximate surface area is 136 Å².